The first kappa shape index (κ1) is 19.6. The zero-order valence-electron chi connectivity index (χ0n) is 16.1. The quantitative estimate of drug-likeness (QED) is 0.684. The minimum Gasteiger partial charge on any atom is -0.504 e. The van der Waals surface area contributed by atoms with Gasteiger partial charge in [0.05, 0.1) is 7.11 Å². The van der Waals surface area contributed by atoms with E-state index in [9.17, 15) is 9.90 Å². The van der Waals surface area contributed by atoms with E-state index < -0.39 is 0 Å². The van der Waals surface area contributed by atoms with E-state index in [1.807, 2.05) is 18.2 Å². The summed E-state index contributed by atoms with van der Waals surface area (Å²) in [5, 5.41) is 15.7. The first-order valence-electron chi connectivity index (χ1n) is 8.87. The van der Waals surface area contributed by atoms with Crippen LogP contribution in [0.15, 0.2) is 36.4 Å². The molecule has 0 radical (unpaired) electrons. The second-order valence-corrected chi connectivity index (χ2v) is 6.93. The number of ether oxygens (including phenoxy) is 1. The molecule has 0 bridgehead atoms. The van der Waals surface area contributed by atoms with E-state index >= 15 is 0 Å². The Balaban J connectivity index is 2.11. The summed E-state index contributed by atoms with van der Waals surface area (Å²) < 4.78 is 5.03. The molecule has 0 saturated carbocycles. The number of phenols is 1. The zero-order chi connectivity index (χ0) is 19.3. The molecule has 0 aliphatic rings. The third-order valence-corrected chi connectivity index (χ3v) is 4.31. The number of carbonyl (C=O) groups excluding carboxylic acids is 1. The number of urea groups is 1. The second kappa shape index (κ2) is 8.61. The Bertz CT molecular complexity index is 744. The van der Waals surface area contributed by atoms with Gasteiger partial charge in [0, 0.05) is 12.2 Å². The van der Waals surface area contributed by atoms with Crippen LogP contribution in [0.3, 0.4) is 0 Å². The topological polar surface area (TPSA) is 70.6 Å². The molecule has 0 spiro atoms. The fourth-order valence-corrected chi connectivity index (χ4v) is 2.88. The molecule has 0 aliphatic heterocycles. The van der Waals surface area contributed by atoms with E-state index in [2.05, 4.69) is 38.3 Å². The zero-order valence-corrected chi connectivity index (χ0v) is 16.1. The molecule has 0 aliphatic carbocycles. The smallest absolute Gasteiger partial charge is 0.319 e. The lowest BCUT2D eigenvalue weighted by molar-refractivity contribution is 0.251. The molecular weight excluding hydrogens is 328 g/mol. The monoisotopic (exact) mass is 356 g/mol. The number of carbonyl (C=O) groups is 1. The molecule has 0 saturated heterocycles. The van der Waals surface area contributed by atoms with Crippen molar-refractivity contribution in [2.75, 3.05) is 12.4 Å². The summed E-state index contributed by atoms with van der Waals surface area (Å²) in [6, 6.07) is 10.9. The largest absolute Gasteiger partial charge is 0.504 e. The van der Waals surface area contributed by atoms with Crippen LogP contribution in [0.4, 0.5) is 10.5 Å². The van der Waals surface area contributed by atoms with Crippen molar-refractivity contribution in [3.63, 3.8) is 0 Å². The van der Waals surface area contributed by atoms with Gasteiger partial charge in [-0.25, -0.2) is 4.79 Å². The Morgan fingerprint density at radius 2 is 1.69 bits per heavy atom. The van der Waals surface area contributed by atoms with Crippen molar-refractivity contribution < 1.29 is 14.6 Å². The van der Waals surface area contributed by atoms with Gasteiger partial charge in [0.25, 0.3) is 0 Å². The summed E-state index contributed by atoms with van der Waals surface area (Å²) in [4.78, 5) is 12.4. The third-order valence-electron chi connectivity index (χ3n) is 4.31. The lowest BCUT2D eigenvalue weighted by atomic mass is 9.93. The number of hydrogen-bond acceptors (Lipinski definition) is 3. The molecule has 2 aromatic rings. The Hall–Kier alpha value is -2.69. The number of anilines is 1. The van der Waals surface area contributed by atoms with Gasteiger partial charge in [-0.1, -0.05) is 52.0 Å². The van der Waals surface area contributed by atoms with Crippen LogP contribution in [0.5, 0.6) is 11.5 Å². The number of methoxy groups -OCH3 is 1. The molecule has 3 N–H and O–H groups in total. The highest BCUT2D eigenvalue weighted by Crippen LogP contribution is 2.32. The van der Waals surface area contributed by atoms with Crippen molar-refractivity contribution in [2.24, 2.45) is 0 Å². The Labute approximate surface area is 155 Å². The predicted molar refractivity (Wildman–Crippen MR) is 105 cm³/mol. The number of benzene rings is 2. The SMILES string of the molecule is COc1ccc(CNC(=O)Nc2c(C(C)C)cccc2C(C)C)cc1O. The van der Waals surface area contributed by atoms with Crippen LogP contribution in [-0.4, -0.2) is 18.2 Å². The molecule has 0 aromatic heterocycles. The highest BCUT2D eigenvalue weighted by Gasteiger charge is 2.15. The van der Waals surface area contributed by atoms with E-state index in [0.717, 1.165) is 22.4 Å². The van der Waals surface area contributed by atoms with Crippen LogP contribution in [0.1, 0.15) is 56.2 Å². The summed E-state index contributed by atoms with van der Waals surface area (Å²) in [6.07, 6.45) is 0. The van der Waals surface area contributed by atoms with Crippen molar-refractivity contribution in [1.29, 1.82) is 0 Å². The fourth-order valence-electron chi connectivity index (χ4n) is 2.88. The highest BCUT2D eigenvalue weighted by molar-refractivity contribution is 5.91. The minimum absolute atomic E-state index is 0.0551. The van der Waals surface area contributed by atoms with Gasteiger partial charge in [0.1, 0.15) is 0 Å². The summed E-state index contributed by atoms with van der Waals surface area (Å²) in [5.74, 6) is 1.08. The molecule has 140 valence electrons. The molecule has 2 aromatic carbocycles. The van der Waals surface area contributed by atoms with Gasteiger partial charge in [-0.15, -0.1) is 0 Å². The minimum atomic E-state index is -0.268. The average Bonchev–Trinajstić information content (AvgIpc) is 2.59. The van der Waals surface area contributed by atoms with Gasteiger partial charge in [-0.05, 0) is 40.7 Å². The molecule has 26 heavy (non-hydrogen) atoms. The van der Waals surface area contributed by atoms with Gasteiger partial charge in [-0.2, -0.15) is 0 Å². The number of phenolic OH excluding ortho intramolecular Hbond substituents is 1. The Morgan fingerprint density at radius 3 is 2.19 bits per heavy atom. The molecule has 0 atom stereocenters. The van der Waals surface area contributed by atoms with E-state index in [4.69, 9.17) is 4.74 Å². The average molecular weight is 356 g/mol. The summed E-state index contributed by atoms with van der Waals surface area (Å²) in [6.45, 7) is 8.76. The van der Waals surface area contributed by atoms with E-state index in [-0.39, 0.29) is 11.8 Å². The van der Waals surface area contributed by atoms with Gasteiger partial charge >= 0.3 is 6.03 Å². The van der Waals surface area contributed by atoms with Crippen molar-refractivity contribution in [2.45, 2.75) is 46.1 Å². The predicted octanol–water partition coefficient (Wildman–Crippen LogP) is 4.97. The van der Waals surface area contributed by atoms with Gasteiger partial charge < -0.3 is 20.5 Å². The number of amides is 2. The molecular formula is C21H28N2O3. The van der Waals surface area contributed by atoms with Crippen molar-refractivity contribution >= 4 is 11.7 Å². The molecule has 5 heteroatoms. The highest BCUT2D eigenvalue weighted by atomic mass is 16.5. The normalized spacial score (nSPS) is 10.9. The molecule has 2 amide bonds. The number of aromatic hydroxyl groups is 1. The molecule has 0 unspecified atom stereocenters. The molecule has 0 fully saturated rings. The van der Waals surface area contributed by atoms with Gasteiger partial charge in [-0.3, -0.25) is 0 Å². The van der Waals surface area contributed by atoms with Crippen LogP contribution >= 0.6 is 0 Å². The van der Waals surface area contributed by atoms with E-state index in [1.165, 1.54) is 7.11 Å². The maximum atomic E-state index is 12.4. The Kier molecular flexibility index (Phi) is 6.50. The lowest BCUT2D eigenvalue weighted by Crippen LogP contribution is -2.29. The van der Waals surface area contributed by atoms with Crippen molar-refractivity contribution in [3.8, 4) is 11.5 Å². The van der Waals surface area contributed by atoms with Crippen molar-refractivity contribution in [1.82, 2.24) is 5.32 Å². The summed E-state index contributed by atoms with van der Waals surface area (Å²) in [5.41, 5.74) is 3.91. The molecule has 0 heterocycles. The maximum Gasteiger partial charge on any atom is 0.319 e. The third kappa shape index (κ3) is 4.69. The van der Waals surface area contributed by atoms with Crippen LogP contribution in [-0.2, 0) is 6.54 Å². The molecule has 5 nitrogen and oxygen atoms in total. The van der Waals surface area contributed by atoms with Crippen LogP contribution in [0, 0.1) is 0 Å². The summed E-state index contributed by atoms with van der Waals surface area (Å²) in [7, 11) is 1.50. The molecule has 2 rings (SSSR count). The Morgan fingerprint density at radius 1 is 1.08 bits per heavy atom. The first-order chi connectivity index (χ1) is 12.3. The second-order valence-electron chi connectivity index (χ2n) is 6.93. The van der Waals surface area contributed by atoms with Gasteiger partial charge in [0.2, 0.25) is 0 Å². The number of rotatable bonds is 6. The van der Waals surface area contributed by atoms with Crippen LogP contribution in [0.2, 0.25) is 0 Å². The first-order valence-corrected chi connectivity index (χ1v) is 8.87. The van der Waals surface area contributed by atoms with E-state index in [0.29, 0.717) is 24.1 Å². The fraction of sp³-hybridized carbons (Fsp3) is 0.381. The van der Waals surface area contributed by atoms with E-state index in [1.54, 1.807) is 18.2 Å². The number of hydrogen-bond donors (Lipinski definition) is 3. The van der Waals surface area contributed by atoms with Crippen LogP contribution < -0.4 is 15.4 Å². The standard InChI is InChI=1S/C21H28N2O3/c1-13(2)16-7-6-8-17(14(3)4)20(16)23-21(25)22-12-15-9-10-19(26-5)18(24)11-15/h6-11,13-14,24H,12H2,1-5H3,(H2,22,23,25). The van der Waals surface area contributed by atoms with Gasteiger partial charge in [0.15, 0.2) is 11.5 Å². The van der Waals surface area contributed by atoms with Crippen LogP contribution in [0.25, 0.3) is 0 Å². The van der Waals surface area contributed by atoms with Crippen molar-refractivity contribution in [3.05, 3.63) is 53.1 Å². The lowest BCUT2D eigenvalue weighted by Gasteiger charge is -2.20. The maximum absolute atomic E-state index is 12.4. The number of para-hydroxylation sites is 1. The number of nitrogens with one attached hydrogen (secondary N) is 2. The summed E-state index contributed by atoms with van der Waals surface area (Å²) >= 11 is 0.